The van der Waals surface area contributed by atoms with Gasteiger partial charge in [0.1, 0.15) is 5.84 Å². The molecule has 0 radical (unpaired) electrons. The number of amidine groups is 1. The van der Waals surface area contributed by atoms with Gasteiger partial charge in [-0.2, -0.15) is 0 Å². The minimum Gasteiger partial charge on any atom is -0.386 e. The number of nitrogens with two attached hydrogens (primary N) is 1. The number of aliphatic imine (C=N–C) groups is 1. The van der Waals surface area contributed by atoms with Crippen molar-refractivity contribution in [3.05, 3.63) is 58.7 Å². The van der Waals surface area contributed by atoms with Crippen LogP contribution in [0.2, 0.25) is 0 Å². The summed E-state index contributed by atoms with van der Waals surface area (Å²) in [5.41, 5.74) is 10.3. The lowest BCUT2D eigenvalue weighted by molar-refractivity contribution is 0.0827. The highest BCUT2D eigenvalue weighted by atomic mass is 16.2. The van der Waals surface area contributed by atoms with Gasteiger partial charge in [0.2, 0.25) is 0 Å². The predicted octanol–water partition coefficient (Wildman–Crippen LogP) is 3.45. The number of aryl methyl sites for hydroxylation is 1. The van der Waals surface area contributed by atoms with Gasteiger partial charge in [-0.3, -0.25) is 9.79 Å². The predicted molar refractivity (Wildman–Crippen MR) is 123 cm³/mol. The summed E-state index contributed by atoms with van der Waals surface area (Å²) in [5, 5.41) is 3.53. The van der Waals surface area contributed by atoms with Crippen molar-refractivity contribution in [2.45, 2.75) is 51.5 Å². The van der Waals surface area contributed by atoms with E-state index < -0.39 is 5.41 Å². The maximum absolute atomic E-state index is 12.5. The maximum Gasteiger partial charge on any atom is 0.253 e. The fraction of sp³-hybridized carbons (Fsp3) is 0.500. The summed E-state index contributed by atoms with van der Waals surface area (Å²) in [7, 11) is 5.32. The minimum absolute atomic E-state index is 0.0161. The molecule has 1 amide bonds. The lowest BCUT2D eigenvalue weighted by Gasteiger charge is -2.38. The van der Waals surface area contributed by atoms with E-state index in [1.54, 1.807) is 26.0 Å². The van der Waals surface area contributed by atoms with Gasteiger partial charge in [-0.25, -0.2) is 0 Å². The molecule has 1 aliphatic rings. The van der Waals surface area contributed by atoms with Crippen LogP contribution in [0.3, 0.4) is 0 Å². The van der Waals surface area contributed by atoms with Crippen LogP contribution >= 0.6 is 0 Å². The Morgan fingerprint density at radius 1 is 1.41 bits per heavy atom. The molecule has 0 aromatic heterocycles. The number of hydrogen-bond acceptors (Lipinski definition) is 3. The van der Waals surface area contributed by atoms with E-state index in [1.165, 1.54) is 11.1 Å². The Balaban J connectivity index is 2.76. The summed E-state index contributed by atoms with van der Waals surface area (Å²) in [6.45, 7) is 7.23. The van der Waals surface area contributed by atoms with Crippen molar-refractivity contribution in [3.63, 3.8) is 0 Å². The van der Waals surface area contributed by atoms with Crippen LogP contribution in [-0.2, 0) is 11.8 Å². The third kappa shape index (κ3) is 4.61. The van der Waals surface area contributed by atoms with E-state index in [-0.39, 0.29) is 11.9 Å². The van der Waals surface area contributed by atoms with Crippen molar-refractivity contribution in [1.82, 2.24) is 10.2 Å². The standard InChI is InChI=1S/C24H36N4O/c1-7-10-20-12-9-11-18-15-19(22(29)28(5)6)13-14-21(18)24(20,23(25)26-4)16-17(3)27-8-2/h7,10,12-15,17,27H,8-9,11,16H2,1-6H3,(H2,25,26)/b10-7-. The Kier molecular flexibility index (Phi) is 7.80. The number of rotatable bonds is 7. The highest BCUT2D eigenvalue weighted by Crippen LogP contribution is 2.43. The van der Waals surface area contributed by atoms with E-state index in [1.807, 2.05) is 19.1 Å². The van der Waals surface area contributed by atoms with Crippen LogP contribution in [0.15, 0.2) is 47.0 Å². The number of fused-ring (bicyclic) bond motifs is 1. The number of nitrogens with zero attached hydrogens (tertiary/aromatic N) is 2. The molecule has 158 valence electrons. The normalized spacial score (nSPS) is 20.8. The Bertz CT molecular complexity index is 822. The third-order valence-corrected chi connectivity index (χ3v) is 5.68. The van der Waals surface area contributed by atoms with E-state index in [2.05, 4.69) is 48.5 Å². The molecule has 2 rings (SSSR count). The number of carbonyl (C=O) groups excluding carboxylic acids is 1. The Morgan fingerprint density at radius 3 is 2.72 bits per heavy atom. The van der Waals surface area contributed by atoms with Crippen molar-refractivity contribution in [3.8, 4) is 0 Å². The van der Waals surface area contributed by atoms with Gasteiger partial charge in [0.15, 0.2) is 0 Å². The Morgan fingerprint density at radius 2 is 2.14 bits per heavy atom. The van der Waals surface area contributed by atoms with E-state index in [9.17, 15) is 4.79 Å². The van der Waals surface area contributed by atoms with Crippen LogP contribution in [0, 0.1) is 0 Å². The molecule has 0 heterocycles. The Hall–Kier alpha value is -2.40. The average Bonchev–Trinajstić information content (AvgIpc) is 2.84. The third-order valence-electron chi connectivity index (χ3n) is 5.68. The van der Waals surface area contributed by atoms with E-state index in [4.69, 9.17) is 5.73 Å². The van der Waals surface area contributed by atoms with E-state index in [0.717, 1.165) is 31.4 Å². The second-order valence-corrected chi connectivity index (χ2v) is 7.95. The molecule has 5 nitrogen and oxygen atoms in total. The molecule has 0 saturated carbocycles. The number of hydrogen-bond donors (Lipinski definition) is 2. The molecule has 1 aromatic carbocycles. The van der Waals surface area contributed by atoms with Gasteiger partial charge in [-0.05, 0) is 68.5 Å². The van der Waals surface area contributed by atoms with E-state index in [0.29, 0.717) is 11.4 Å². The number of allylic oxidation sites excluding steroid dienone is 3. The monoisotopic (exact) mass is 396 g/mol. The first kappa shape index (κ1) is 22.9. The lowest BCUT2D eigenvalue weighted by atomic mass is 9.67. The molecular weight excluding hydrogens is 360 g/mol. The molecule has 1 aromatic rings. The van der Waals surface area contributed by atoms with Crippen molar-refractivity contribution < 1.29 is 4.79 Å². The summed E-state index contributed by atoms with van der Waals surface area (Å²) in [4.78, 5) is 18.6. The Labute approximate surface area is 175 Å². The SMILES string of the molecule is C/C=C\C1=CCCc2cc(C(=O)N(C)C)ccc2C1(CC(C)NCC)C(N)=NC. The van der Waals surface area contributed by atoms with Crippen LogP contribution in [0.25, 0.3) is 0 Å². The van der Waals surface area contributed by atoms with Crippen LogP contribution in [0.1, 0.15) is 55.1 Å². The summed E-state index contributed by atoms with van der Waals surface area (Å²) in [6, 6.07) is 6.31. The van der Waals surface area contributed by atoms with Crippen LogP contribution in [0.4, 0.5) is 0 Å². The maximum atomic E-state index is 12.5. The topological polar surface area (TPSA) is 70.7 Å². The second kappa shape index (κ2) is 9.88. The fourth-order valence-electron chi connectivity index (χ4n) is 4.40. The largest absolute Gasteiger partial charge is 0.386 e. The van der Waals surface area contributed by atoms with Gasteiger partial charge in [0, 0.05) is 32.7 Å². The van der Waals surface area contributed by atoms with E-state index >= 15 is 0 Å². The fourth-order valence-corrected chi connectivity index (χ4v) is 4.40. The summed E-state index contributed by atoms with van der Waals surface area (Å²) in [6.07, 6.45) is 9.08. The molecule has 2 atom stereocenters. The lowest BCUT2D eigenvalue weighted by Crippen LogP contribution is -2.47. The second-order valence-electron chi connectivity index (χ2n) is 7.95. The minimum atomic E-state index is -0.519. The molecule has 29 heavy (non-hydrogen) atoms. The zero-order chi connectivity index (χ0) is 21.6. The number of benzene rings is 1. The van der Waals surface area contributed by atoms with Gasteiger partial charge < -0.3 is 16.0 Å². The zero-order valence-corrected chi connectivity index (χ0v) is 18.7. The quantitative estimate of drug-likeness (QED) is 0.548. The number of nitrogens with one attached hydrogen (secondary N) is 1. The summed E-state index contributed by atoms with van der Waals surface area (Å²) in [5.74, 6) is 0.629. The van der Waals surface area contributed by atoms with Crippen molar-refractivity contribution >= 4 is 11.7 Å². The molecule has 0 aliphatic heterocycles. The average molecular weight is 397 g/mol. The molecule has 5 heteroatoms. The van der Waals surface area contributed by atoms with Crippen molar-refractivity contribution in [1.29, 1.82) is 0 Å². The first-order valence-corrected chi connectivity index (χ1v) is 10.5. The number of carbonyl (C=O) groups is 1. The molecule has 0 fully saturated rings. The van der Waals surface area contributed by atoms with Gasteiger partial charge in [-0.15, -0.1) is 0 Å². The molecule has 3 N–H and O–H groups in total. The molecule has 2 unspecified atom stereocenters. The molecule has 0 bridgehead atoms. The van der Waals surface area contributed by atoms with Gasteiger partial charge in [-0.1, -0.05) is 31.2 Å². The number of amides is 1. The molecular formula is C24H36N4O. The smallest absolute Gasteiger partial charge is 0.253 e. The van der Waals surface area contributed by atoms with Crippen LogP contribution in [-0.4, -0.2) is 50.4 Å². The van der Waals surface area contributed by atoms with Gasteiger partial charge in [0.05, 0.1) is 5.41 Å². The summed E-state index contributed by atoms with van der Waals surface area (Å²) < 4.78 is 0. The first-order chi connectivity index (χ1) is 13.8. The molecule has 1 aliphatic carbocycles. The zero-order valence-electron chi connectivity index (χ0n) is 18.7. The highest BCUT2D eigenvalue weighted by molar-refractivity contribution is 5.98. The summed E-state index contributed by atoms with van der Waals surface area (Å²) >= 11 is 0. The molecule has 0 spiro atoms. The van der Waals surface area contributed by atoms with Crippen LogP contribution < -0.4 is 11.1 Å². The highest BCUT2D eigenvalue weighted by Gasteiger charge is 2.42. The van der Waals surface area contributed by atoms with Crippen molar-refractivity contribution in [2.75, 3.05) is 27.7 Å². The van der Waals surface area contributed by atoms with Gasteiger partial charge >= 0.3 is 0 Å². The molecule has 0 saturated heterocycles. The first-order valence-electron chi connectivity index (χ1n) is 10.5. The van der Waals surface area contributed by atoms with Crippen LogP contribution in [0.5, 0.6) is 0 Å². The van der Waals surface area contributed by atoms with Crippen molar-refractivity contribution in [2.24, 2.45) is 10.7 Å². The van der Waals surface area contributed by atoms with Gasteiger partial charge in [0.25, 0.3) is 5.91 Å².